The Morgan fingerprint density at radius 3 is 2.55 bits per heavy atom. The third kappa shape index (κ3) is 5.06. The van der Waals surface area contributed by atoms with E-state index in [9.17, 15) is 9.18 Å². The van der Waals surface area contributed by atoms with Crippen LogP contribution in [0.3, 0.4) is 0 Å². The number of rotatable bonds is 7. The van der Waals surface area contributed by atoms with E-state index in [1.807, 2.05) is 54.6 Å². The van der Waals surface area contributed by atoms with Crippen molar-refractivity contribution in [2.75, 3.05) is 31.7 Å². The minimum atomic E-state index is -0.268. The Bertz CT molecular complexity index is 1020. The van der Waals surface area contributed by atoms with Crippen molar-refractivity contribution in [3.8, 4) is 11.5 Å². The molecule has 1 aliphatic rings. The van der Waals surface area contributed by atoms with Crippen molar-refractivity contribution in [1.29, 1.82) is 0 Å². The van der Waals surface area contributed by atoms with Crippen LogP contribution in [0, 0.1) is 5.82 Å². The second kappa shape index (κ2) is 9.49. The zero-order valence-corrected chi connectivity index (χ0v) is 18.4. The topological polar surface area (TPSA) is 42.0 Å². The molecule has 1 unspecified atom stereocenters. The molecule has 1 aromatic heterocycles. The van der Waals surface area contributed by atoms with Crippen molar-refractivity contribution in [2.45, 2.75) is 19.5 Å². The van der Waals surface area contributed by atoms with E-state index >= 15 is 0 Å². The number of halogens is 1. The molecule has 5 nitrogen and oxygen atoms in total. The number of hydrogen-bond acceptors (Lipinski definition) is 5. The summed E-state index contributed by atoms with van der Waals surface area (Å²) < 4.78 is 24.6. The van der Waals surface area contributed by atoms with E-state index in [-0.39, 0.29) is 24.3 Å². The number of amides is 1. The summed E-state index contributed by atoms with van der Waals surface area (Å²) in [4.78, 5) is 18.2. The molecule has 2 aromatic carbocycles. The standard InChI is InChI=1S/C24H25FN2O3S/c1-17(18-5-7-19(25)8-6-18)26(2)16-24(28)27(15-21-4-3-13-31-21)20-9-10-22-23(14-20)30-12-11-29-22/h3-10,13-14,17H,11-12,15-16H2,1-2H3. The summed E-state index contributed by atoms with van der Waals surface area (Å²) in [6, 6.07) is 16.0. The zero-order chi connectivity index (χ0) is 21.8. The van der Waals surface area contributed by atoms with Gasteiger partial charge in [0.15, 0.2) is 11.5 Å². The van der Waals surface area contributed by atoms with Gasteiger partial charge in [-0.1, -0.05) is 18.2 Å². The van der Waals surface area contributed by atoms with Crippen molar-refractivity contribution in [2.24, 2.45) is 0 Å². The van der Waals surface area contributed by atoms with Crippen LogP contribution in [0.2, 0.25) is 0 Å². The summed E-state index contributed by atoms with van der Waals surface area (Å²) >= 11 is 1.62. The summed E-state index contributed by atoms with van der Waals surface area (Å²) in [6.45, 7) is 3.73. The maximum absolute atomic E-state index is 13.4. The molecular formula is C24H25FN2O3S. The SMILES string of the molecule is CC(c1ccc(F)cc1)N(C)CC(=O)N(Cc1cccs1)c1ccc2c(c1)OCCO2. The molecule has 0 saturated heterocycles. The quantitative estimate of drug-likeness (QED) is 0.525. The Hall–Kier alpha value is -2.90. The summed E-state index contributed by atoms with van der Waals surface area (Å²) in [5.41, 5.74) is 1.73. The third-order valence-electron chi connectivity index (χ3n) is 5.43. The van der Waals surface area contributed by atoms with Crippen LogP contribution in [0.15, 0.2) is 60.0 Å². The van der Waals surface area contributed by atoms with E-state index < -0.39 is 0 Å². The van der Waals surface area contributed by atoms with Gasteiger partial charge in [-0.2, -0.15) is 0 Å². The number of likely N-dealkylation sites (N-methyl/N-ethyl adjacent to an activating group) is 1. The van der Waals surface area contributed by atoms with Gasteiger partial charge in [0.1, 0.15) is 19.0 Å². The molecule has 0 bridgehead atoms. The van der Waals surface area contributed by atoms with Gasteiger partial charge >= 0.3 is 0 Å². The predicted molar refractivity (Wildman–Crippen MR) is 120 cm³/mol. The zero-order valence-electron chi connectivity index (χ0n) is 17.6. The first kappa shape index (κ1) is 21.3. The Kier molecular flexibility index (Phi) is 6.53. The molecule has 0 radical (unpaired) electrons. The number of thiophene rings is 1. The Labute approximate surface area is 185 Å². The van der Waals surface area contributed by atoms with E-state index in [1.165, 1.54) is 12.1 Å². The lowest BCUT2D eigenvalue weighted by Crippen LogP contribution is -2.39. The lowest BCUT2D eigenvalue weighted by atomic mass is 10.1. The Balaban J connectivity index is 1.54. The predicted octanol–water partition coefficient (Wildman–Crippen LogP) is 4.88. The first-order valence-electron chi connectivity index (χ1n) is 10.2. The van der Waals surface area contributed by atoms with Gasteiger partial charge in [0.2, 0.25) is 5.91 Å². The first-order chi connectivity index (χ1) is 15.0. The van der Waals surface area contributed by atoms with Crippen molar-refractivity contribution >= 4 is 22.9 Å². The highest BCUT2D eigenvalue weighted by Gasteiger charge is 2.23. The lowest BCUT2D eigenvalue weighted by molar-refractivity contribution is -0.120. The molecule has 1 aliphatic heterocycles. The maximum Gasteiger partial charge on any atom is 0.241 e. The first-order valence-corrected chi connectivity index (χ1v) is 11.1. The van der Waals surface area contributed by atoms with Crippen molar-refractivity contribution < 1.29 is 18.7 Å². The van der Waals surface area contributed by atoms with Crippen LogP contribution in [-0.2, 0) is 11.3 Å². The molecular weight excluding hydrogens is 415 g/mol. The number of hydrogen-bond donors (Lipinski definition) is 0. The highest BCUT2D eigenvalue weighted by atomic mass is 32.1. The van der Waals surface area contributed by atoms with Crippen LogP contribution in [0.5, 0.6) is 11.5 Å². The van der Waals surface area contributed by atoms with Crippen LogP contribution in [0.1, 0.15) is 23.4 Å². The lowest BCUT2D eigenvalue weighted by Gasteiger charge is -2.29. The summed E-state index contributed by atoms with van der Waals surface area (Å²) in [6.07, 6.45) is 0. The van der Waals surface area contributed by atoms with E-state index in [1.54, 1.807) is 28.4 Å². The van der Waals surface area contributed by atoms with Gasteiger partial charge in [-0.15, -0.1) is 11.3 Å². The second-order valence-corrected chi connectivity index (χ2v) is 8.56. The Morgan fingerprint density at radius 2 is 1.84 bits per heavy atom. The van der Waals surface area contributed by atoms with Gasteiger partial charge < -0.3 is 14.4 Å². The number of carbonyl (C=O) groups excluding carboxylic acids is 1. The van der Waals surface area contributed by atoms with Gasteiger partial charge in [-0.3, -0.25) is 9.69 Å². The molecule has 1 atom stereocenters. The molecule has 3 aromatic rings. The molecule has 1 amide bonds. The van der Waals surface area contributed by atoms with E-state index in [0.717, 1.165) is 16.1 Å². The number of ether oxygens (including phenoxy) is 2. The van der Waals surface area contributed by atoms with Crippen LogP contribution < -0.4 is 14.4 Å². The van der Waals surface area contributed by atoms with Crippen LogP contribution in [0.4, 0.5) is 10.1 Å². The smallest absolute Gasteiger partial charge is 0.241 e. The fraction of sp³-hybridized carbons (Fsp3) is 0.292. The van der Waals surface area contributed by atoms with Crippen molar-refractivity contribution in [1.82, 2.24) is 4.90 Å². The molecule has 0 saturated carbocycles. The number of anilines is 1. The second-order valence-electron chi connectivity index (χ2n) is 7.53. The Morgan fingerprint density at radius 1 is 1.10 bits per heavy atom. The van der Waals surface area contributed by atoms with Crippen LogP contribution in [0.25, 0.3) is 0 Å². The third-order valence-corrected chi connectivity index (χ3v) is 6.29. The average Bonchev–Trinajstić information content (AvgIpc) is 3.30. The van der Waals surface area contributed by atoms with Crippen molar-refractivity contribution in [3.63, 3.8) is 0 Å². The minimum Gasteiger partial charge on any atom is -0.486 e. The monoisotopic (exact) mass is 440 g/mol. The van der Waals surface area contributed by atoms with Gasteiger partial charge in [0.05, 0.1) is 13.1 Å². The van der Waals surface area contributed by atoms with E-state index in [2.05, 4.69) is 0 Å². The highest BCUT2D eigenvalue weighted by molar-refractivity contribution is 7.09. The van der Waals surface area contributed by atoms with Gasteiger partial charge in [0, 0.05) is 22.7 Å². The summed E-state index contributed by atoms with van der Waals surface area (Å²) in [5.74, 6) is 1.05. The molecule has 2 heterocycles. The molecule has 162 valence electrons. The average molecular weight is 441 g/mol. The summed E-state index contributed by atoms with van der Waals surface area (Å²) in [5, 5.41) is 2.00. The van der Waals surface area contributed by atoms with Crippen LogP contribution in [-0.4, -0.2) is 37.6 Å². The highest BCUT2D eigenvalue weighted by Crippen LogP contribution is 2.35. The largest absolute Gasteiger partial charge is 0.486 e. The number of fused-ring (bicyclic) bond motifs is 1. The molecule has 4 rings (SSSR count). The van der Waals surface area contributed by atoms with E-state index in [4.69, 9.17) is 9.47 Å². The molecule has 7 heteroatoms. The van der Waals surface area contributed by atoms with Gasteiger partial charge in [-0.25, -0.2) is 4.39 Å². The molecule has 0 fully saturated rings. The number of carbonyl (C=O) groups is 1. The van der Waals surface area contributed by atoms with Gasteiger partial charge in [-0.05, 0) is 55.2 Å². The van der Waals surface area contributed by atoms with Gasteiger partial charge in [0.25, 0.3) is 0 Å². The fourth-order valence-electron chi connectivity index (χ4n) is 3.51. The normalized spacial score (nSPS) is 13.8. The molecule has 0 N–H and O–H groups in total. The van der Waals surface area contributed by atoms with Crippen molar-refractivity contribution in [3.05, 3.63) is 76.2 Å². The fourth-order valence-corrected chi connectivity index (χ4v) is 4.21. The van der Waals surface area contributed by atoms with E-state index in [0.29, 0.717) is 31.3 Å². The molecule has 0 spiro atoms. The molecule has 31 heavy (non-hydrogen) atoms. The molecule has 0 aliphatic carbocycles. The number of nitrogens with zero attached hydrogens (tertiary/aromatic N) is 2. The minimum absolute atomic E-state index is 0.0264. The number of benzene rings is 2. The summed E-state index contributed by atoms with van der Waals surface area (Å²) in [7, 11) is 1.90. The van der Waals surface area contributed by atoms with Crippen LogP contribution >= 0.6 is 11.3 Å². The maximum atomic E-state index is 13.4.